The molecule has 0 bridgehead atoms. The molecule has 0 aliphatic heterocycles. The second-order valence-electron chi connectivity index (χ2n) is 12.1. The fraction of sp³-hybridized carbons (Fsp3) is 0.455. The predicted molar refractivity (Wildman–Crippen MR) is 185 cm³/mol. The van der Waals surface area contributed by atoms with Gasteiger partial charge in [0.1, 0.15) is 0 Å². The summed E-state index contributed by atoms with van der Waals surface area (Å²) in [6.45, 7) is 17.2. The van der Waals surface area contributed by atoms with E-state index in [1.165, 1.54) is 0 Å². The Morgan fingerprint density at radius 1 is 0.458 bits per heavy atom. The van der Waals surface area contributed by atoms with Gasteiger partial charge in [-0.2, -0.15) is 25.3 Å². The van der Waals surface area contributed by atoms with Gasteiger partial charge in [-0.25, -0.2) is 0 Å². The van der Waals surface area contributed by atoms with Crippen molar-refractivity contribution >= 4 is 30.4 Å². The van der Waals surface area contributed by atoms with Gasteiger partial charge in [0.15, 0.2) is 0 Å². The number of aryl methyl sites for hydroxylation is 9. The quantitative estimate of drug-likeness (QED) is 0.175. The van der Waals surface area contributed by atoms with Gasteiger partial charge in [-0.05, 0) is 115 Å². The monoisotopic (exact) mass is 734 g/mol. The summed E-state index contributed by atoms with van der Waals surface area (Å²) >= 11 is 0. The Balaban J connectivity index is 0.000000620. The highest BCUT2D eigenvalue weighted by atomic mass is 32.2. The third kappa shape index (κ3) is 15.2. The van der Waals surface area contributed by atoms with E-state index in [9.17, 15) is 30.4 Å². The van der Waals surface area contributed by atoms with E-state index in [4.69, 9.17) is 23.9 Å². The van der Waals surface area contributed by atoms with Crippen LogP contribution in [-0.4, -0.2) is 73.0 Å². The van der Waals surface area contributed by atoms with Crippen molar-refractivity contribution in [2.24, 2.45) is 0 Å². The van der Waals surface area contributed by atoms with E-state index >= 15 is 0 Å². The SMILES string of the molecule is CC(O)(CCO)CCO.Cc1cc(C)c(S(=O)(=O)O)c(C)c1.Cc1cc(C)c(S(=O)(=O)O)c(C)c1.Cc1cc(C)c(S(=O)(=O)O)c(C)c1. The van der Waals surface area contributed by atoms with Crippen molar-refractivity contribution in [1.29, 1.82) is 0 Å². The summed E-state index contributed by atoms with van der Waals surface area (Å²) in [6.07, 6.45) is 0.654. The molecule has 15 heteroatoms. The molecule has 0 aromatic heterocycles. The van der Waals surface area contributed by atoms with Crippen LogP contribution in [0.3, 0.4) is 0 Å². The van der Waals surface area contributed by atoms with Crippen LogP contribution in [0, 0.1) is 62.3 Å². The molecule has 0 amide bonds. The highest BCUT2D eigenvalue weighted by molar-refractivity contribution is 7.86. The molecule has 0 radical (unpaired) electrons. The molecular formula is C33H50O12S3. The lowest BCUT2D eigenvalue weighted by Crippen LogP contribution is -2.26. The summed E-state index contributed by atoms with van der Waals surface area (Å²) in [5.41, 5.74) is 5.57. The smallest absolute Gasteiger partial charge is 0.295 e. The molecule has 12 nitrogen and oxygen atoms in total. The number of aliphatic hydroxyl groups is 3. The van der Waals surface area contributed by atoms with Gasteiger partial charge in [0.2, 0.25) is 0 Å². The highest BCUT2D eigenvalue weighted by Gasteiger charge is 2.19. The minimum atomic E-state index is -4.08. The van der Waals surface area contributed by atoms with Crippen LogP contribution in [0.25, 0.3) is 0 Å². The van der Waals surface area contributed by atoms with Crippen LogP contribution in [-0.2, 0) is 30.4 Å². The van der Waals surface area contributed by atoms with Crippen LogP contribution >= 0.6 is 0 Å². The zero-order chi connectivity index (χ0) is 38.0. The van der Waals surface area contributed by atoms with Gasteiger partial charge in [-0.15, -0.1) is 0 Å². The minimum Gasteiger partial charge on any atom is -0.396 e. The highest BCUT2D eigenvalue weighted by Crippen LogP contribution is 2.23. The van der Waals surface area contributed by atoms with Crippen molar-refractivity contribution in [2.75, 3.05) is 13.2 Å². The Kier molecular flexibility index (Phi) is 17.3. The number of hydrogen-bond donors (Lipinski definition) is 6. The molecule has 0 fully saturated rings. The van der Waals surface area contributed by atoms with Crippen molar-refractivity contribution in [3.63, 3.8) is 0 Å². The lowest BCUT2D eigenvalue weighted by Gasteiger charge is -2.20. The molecule has 0 saturated heterocycles. The summed E-state index contributed by atoms with van der Waals surface area (Å²) in [4.78, 5) is 0.0781. The van der Waals surface area contributed by atoms with E-state index in [1.54, 1.807) is 84.9 Å². The Labute approximate surface area is 285 Å². The third-order valence-electron chi connectivity index (χ3n) is 6.89. The zero-order valence-corrected chi connectivity index (χ0v) is 31.6. The van der Waals surface area contributed by atoms with E-state index in [0.717, 1.165) is 16.7 Å². The van der Waals surface area contributed by atoms with E-state index in [-0.39, 0.29) is 27.9 Å². The molecule has 3 aromatic carbocycles. The Bertz CT molecular complexity index is 1600. The van der Waals surface area contributed by atoms with Gasteiger partial charge in [0.25, 0.3) is 30.4 Å². The number of rotatable bonds is 7. The van der Waals surface area contributed by atoms with Gasteiger partial charge < -0.3 is 15.3 Å². The minimum absolute atomic E-state index is 0.0260. The van der Waals surface area contributed by atoms with Crippen molar-refractivity contribution in [3.8, 4) is 0 Å². The van der Waals surface area contributed by atoms with E-state index < -0.39 is 36.0 Å². The van der Waals surface area contributed by atoms with Crippen LogP contribution in [0.4, 0.5) is 0 Å². The number of hydrogen-bond acceptors (Lipinski definition) is 9. The average molecular weight is 735 g/mol. The number of aliphatic hydroxyl groups excluding tert-OH is 2. The molecular weight excluding hydrogens is 685 g/mol. The second-order valence-corrected chi connectivity index (χ2v) is 16.1. The third-order valence-corrected chi connectivity index (χ3v) is 10.4. The molecule has 3 rings (SSSR count). The zero-order valence-electron chi connectivity index (χ0n) is 29.2. The van der Waals surface area contributed by atoms with E-state index in [2.05, 4.69) is 0 Å². The van der Waals surface area contributed by atoms with E-state index in [0.29, 0.717) is 46.2 Å². The van der Waals surface area contributed by atoms with Crippen LogP contribution < -0.4 is 0 Å². The summed E-state index contributed by atoms with van der Waals surface area (Å²) in [5.74, 6) is 0. The van der Waals surface area contributed by atoms with Gasteiger partial charge in [0.05, 0.1) is 20.3 Å². The summed E-state index contributed by atoms with van der Waals surface area (Å²) in [6, 6.07) is 10.4. The van der Waals surface area contributed by atoms with Gasteiger partial charge >= 0.3 is 0 Å². The normalized spacial score (nSPS) is 11.8. The van der Waals surface area contributed by atoms with Crippen LogP contribution in [0.2, 0.25) is 0 Å². The van der Waals surface area contributed by atoms with Crippen LogP contribution in [0.1, 0.15) is 69.8 Å². The van der Waals surface area contributed by atoms with Gasteiger partial charge in [0, 0.05) is 13.2 Å². The Morgan fingerprint density at radius 2 is 0.625 bits per heavy atom. The van der Waals surface area contributed by atoms with Crippen LogP contribution in [0.15, 0.2) is 51.1 Å². The molecule has 0 heterocycles. The first-order chi connectivity index (χ1) is 21.6. The molecule has 0 atom stereocenters. The number of benzene rings is 3. The fourth-order valence-corrected chi connectivity index (χ4v) is 8.12. The summed E-state index contributed by atoms with van der Waals surface area (Å²) in [7, 11) is -12.2. The maximum atomic E-state index is 10.9. The Hall–Kier alpha value is -2.73. The molecule has 0 aliphatic rings. The summed E-state index contributed by atoms with van der Waals surface area (Å²) in [5, 5.41) is 26.0. The topological polar surface area (TPSA) is 224 Å². The standard InChI is InChI=1S/3C9H12O3S.C6H14O3/c3*1-6-4-7(2)9(8(3)5-6)13(10,11)12;1-6(9,2-4-7)3-5-8/h3*4-5H,1-3H3,(H,10,11,12);7-9H,2-5H2,1H3. The van der Waals surface area contributed by atoms with Crippen molar-refractivity contribution in [3.05, 3.63) is 86.5 Å². The van der Waals surface area contributed by atoms with Crippen molar-refractivity contribution in [2.45, 2.75) is 102 Å². The summed E-state index contributed by atoms with van der Waals surface area (Å²) < 4.78 is 92.4. The van der Waals surface area contributed by atoms with E-state index in [1.807, 2.05) is 20.8 Å². The molecule has 0 aliphatic carbocycles. The molecule has 272 valence electrons. The van der Waals surface area contributed by atoms with Crippen LogP contribution in [0.5, 0.6) is 0 Å². The first-order valence-corrected chi connectivity index (χ1v) is 19.0. The first kappa shape index (κ1) is 45.3. The molecule has 3 aromatic rings. The molecule has 0 unspecified atom stereocenters. The van der Waals surface area contributed by atoms with Gasteiger partial charge in [-0.3, -0.25) is 13.7 Å². The lowest BCUT2D eigenvalue weighted by atomic mass is 10.00. The average Bonchev–Trinajstić information content (AvgIpc) is 2.80. The maximum Gasteiger partial charge on any atom is 0.295 e. The molecule has 48 heavy (non-hydrogen) atoms. The molecule has 6 N–H and O–H groups in total. The second kappa shape index (κ2) is 18.3. The maximum absolute atomic E-state index is 10.9. The first-order valence-electron chi connectivity index (χ1n) is 14.7. The largest absolute Gasteiger partial charge is 0.396 e. The fourth-order valence-electron chi connectivity index (χ4n) is 5.33. The predicted octanol–water partition coefficient (Wildman–Crippen LogP) is 5.08. The van der Waals surface area contributed by atoms with Crippen molar-refractivity contribution < 1.29 is 54.2 Å². The lowest BCUT2D eigenvalue weighted by molar-refractivity contribution is 0.0116. The molecule has 0 saturated carbocycles. The van der Waals surface area contributed by atoms with Crippen molar-refractivity contribution in [1.82, 2.24) is 0 Å². The Morgan fingerprint density at radius 3 is 0.750 bits per heavy atom. The van der Waals surface area contributed by atoms with Gasteiger partial charge in [-0.1, -0.05) is 53.1 Å². The molecule has 0 spiro atoms.